The van der Waals surface area contributed by atoms with Gasteiger partial charge in [0.1, 0.15) is 0 Å². The zero-order valence-electron chi connectivity index (χ0n) is 10.8. The molecular weight excluding hydrogens is 224 g/mol. The highest BCUT2D eigenvalue weighted by Gasteiger charge is 2.39. The van der Waals surface area contributed by atoms with E-state index in [1.54, 1.807) is 0 Å². The van der Waals surface area contributed by atoms with Crippen molar-refractivity contribution in [2.24, 2.45) is 11.8 Å². The van der Waals surface area contributed by atoms with Crippen molar-refractivity contribution in [1.29, 1.82) is 5.26 Å². The fraction of sp³-hybridized carbons (Fsp3) is 0.400. The van der Waals surface area contributed by atoms with Gasteiger partial charge in [-0.2, -0.15) is 5.26 Å². The molecule has 0 aromatic heterocycles. The summed E-state index contributed by atoms with van der Waals surface area (Å²) in [6.45, 7) is 4.35. The Kier molecular flexibility index (Phi) is 3.57. The Labute approximate surface area is 107 Å². The summed E-state index contributed by atoms with van der Waals surface area (Å²) in [5.41, 5.74) is 2.48. The lowest BCUT2D eigenvalue weighted by Gasteiger charge is -2.22. The number of hydrogen-bond acceptors (Lipinski definition) is 2. The van der Waals surface area contributed by atoms with Crippen LogP contribution in [0.5, 0.6) is 0 Å². The van der Waals surface area contributed by atoms with E-state index in [-0.39, 0.29) is 11.8 Å². The van der Waals surface area contributed by atoms with Crippen LogP contribution in [-0.4, -0.2) is 11.3 Å². The maximum absolute atomic E-state index is 12.2. The second kappa shape index (κ2) is 5.14. The molecule has 92 valence electrons. The molecule has 1 aliphatic heterocycles. The molecule has 3 nitrogen and oxygen atoms in total. The summed E-state index contributed by atoms with van der Waals surface area (Å²) < 4.78 is 1.05. The van der Waals surface area contributed by atoms with Crippen molar-refractivity contribution in [1.82, 2.24) is 0 Å². The molecule has 0 radical (unpaired) electrons. The van der Waals surface area contributed by atoms with Gasteiger partial charge in [-0.25, -0.2) is 0 Å². The first kappa shape index (κ1) is 12.5. The van der Waals surface area contributed by atoms with Gasteiger partial charge in [-0.3, -0.25) is 0 Å². The standard InChI is InChI=1S/C15H17N2O/c1-3-12-10-17(18)15(11(2)14(12)9-16)13-7-5-4-6-8-13/h4-8,12,14H,3,10H2,1-2H3/q+1. The van der Waals surface area contributed by atoms with E-state index in [2.05, 4.69) is 6.07 Å². The Balaban J connectivity index is 2.51. The second-order valence-electron chi connectivity index (χ2n) is 4.73. The molecule has 1 aliphatic rings. The van der Waals surface area contributed by atoms with Gasteiger partial charge in [-0.05, 0) is 25.5 Å². The zero-order chi connectivity index (χ0) is 13.1. The van der Waals surface area contributed by atoms with E-state index in [4.69, 9.17) is 0 Å². The number of nitrogens with zero attached hydrogens (tertiary/aromatic N) is 2. The van der Waals surface area contributed by atoms with Crippen LogP contribution in [0.1, 0.15) is 25.8 Å². The minimum absolute atomic E-state index is 0.139. The van der Waals surface area contributed by atoms with Crippen molar-refractivity contribution in [3.63, 3.8) is 0 Å². The molecule has 0 fully saturated rings. The second-order valence-corrected chi connectivity index (χ2v) is 4.73. The summed E-state index contributed by atoms with van der Waals surface area (Å²) >= 11 is 0. The Hall–Kier alpha value is -1.95. The van der Waals surface area contributed by atoms with Crippen molar-refractivity contribution < 1.29 is 4.76 Å². The number of benzene rings is 1. The van der Waals surface area contributed by atoms with Crippen LogP contribution in [0.25, 0.3) is 5.70 Å². The van der Waals surface area contributed by atoms with Crippen molar-refractivity contribution in [3.05, 3.63) is 46.4 Å². The van der Waals surface area contributed by atoms with Crippen LogP contribution in [0, 0.1) is 28.1 Å². The van der Waals surface area contributed by atoms with Gasteiger partial charge in [0.05, 0.1) is 17.6 Å². The van der Waals surface area contributed by atoms with Crippen LogP contribution >= 0.6 is 0 Å². The molecule has 0 saturated carbocycles. The van der Waals surface area contributed by atoms with E-state index in [1.807, 2.05) is 44.2 Å². The third kappa shape index (κ3) is 2.06. The van der Waals surface area contributed by atoms with E-state index < -0.39 is 0 Å². The lowest BCUT2D eigenvalue weighted by molar-refractivity contribution is -0.470. The highest BCUT2D eigenvalue weighted by atomic mass is 16.3. The average molecular weight is 241 g/mol. The number of rotatable bonds is 2. The lowest BCUT2D eigenvalue weighted by atomic mass is 9.81. The molecule has 3 heteroatoms. The van der Waals surface area contributed by atoms with E-state index in [0.717, 1.165) is 22.3 Å². The predicted octanol–water partition coefficient (Wildman–Crippen LogP) is 3.38. The van der Waals surface area contributed by atoms with Gasteiger partial charge in [-0.15, -0.1) is 0 Å². The van der Waals surface area contributed by atoms with Crippen molar-refractivity contribution in [3.8, 4) is 6.07 Å². The summed E-state index contributed by atoms with van der Waals surface area (Å²) in [5.74, 6) is -0.00429. The minimum Gasteiger partial charge on any atom is -0.198 e. The molecular formula is C15H17N2O+. The maximum atomic E-state index is 12.2. The number of allylic oxidation sites excluding steroid dienone is 1. The highest BCUT2D eigenvalue weighted by molar-refractivity contribution is 5.63. The maximum Gasteiger partial charge on any atom is 0.263 e. The summed E-state index contributed by atoms with van der Waals surface area (Å²) in [4.78, 5) is 12.2. The largest absolute Gasteiger partial charge is 0.263 e. The van der Waals surface area contributed by atoms with Crippen molar-refractivity contribution in [2.45, 2.75) is 20.3 Å². The highest BCUT2D eigenvalue weighted by Crippen LogP contribution is 2.35. The van der Waals surface area contributed by atoms with Gasteiger partial charge >= 0.3 is 0 Å². The van der Waals surface area contributed by atoms with Crippen LogP contribution in [0.15, 0.2) is 35.9 Å². The topological polar surface area (TPSA) is 43.9 Å². The molecule has 0 saturated heterocycles. The van der Waals surface area contributed by atoms with Crippen LogP contribution in [0.2, 0.25) is 0 Å². The summed E-state index contributed by atoms with van der Waals surface area (Å²) in [7, 11) is 0. The average Bonchev–Trinajstić information content (AvgIpc) is 2.39. The van der Waals surface area contributed by atoms with Gasteiger partial charge in [0.2, 0.25) is 6.54 Å². The smallest absolute Gasteiger partial charge is 0.198 e. The van der Waals surface area contributed by atoms with E-state index in [9.17, 15) is 10.2 Å². The summed E-state index contributed by atoms with van der Waals surface area (Å²) in [5, 5.41) is 9.31. The fourth-order valence-electron chi connectivity index (χ4n) is 2.64. The lowest BCUT2D eigenvalue weighted by Crippen LogP contribution is -2.31. The number of nitriles is 1. The Morgan fingerprint density at radius 3 is 2.61 bits per heavy atom. The zero-order valence-corrected chi connectivity index (χ0v) is 10.8. The molecule has 2 atom stereocenters. The molecule has 0 aliphatic carbocycles. The van der Waals surface area contributed by atoms with Gasteiger partial charge < -0.3 is 0 Å². The van der Waals surface area contributed by atoms with Crippen LogP contribution in [0.4, 0.5) is 0 Å². The number of nitroso groups, excluding NO2 is 1. The monoisotopic (exact) mass is 241 g/mol. The van der Waals surface area contributed by atoms with Crippen molar-refractivity contribution in [2.75, 3.05) is 6.54 Å². The molecule has 0 bridgehead atoms. The molecule has 0 N–H and O–H groups in total. The normalized spacial score (nSPS) is 23.9. The molecule has 1 heterocycles. The third-order valence-corrected chi connectivity index (χ3v) is 3.67. The first-order valence-electron chi connectivity index (χ1n) is 6.29. The Morgan fingerprint density at radius 1 is 1.39 bits per heavy atom. The Morgan fingerprint density at radius 2 is 2.06 bits per heavy atom. The molecule has 2 unspecified atom stereocenters. The molecule has 0 amide bonds. The van der Waals surface area contributed by atoms with E-state index in [0.29, 0.717) is 12.2 Å². The molecule has 0 spiro atoms. The predicted molar refractivity (Wildman–Crippen MR) is 70.4 cm³/mol. The van der Waals surface area contributed by atoms with Gasteiger partial charge in [-0.1, -0.05) is 25.1 Å². The summed E-state index contributed by atoms with van der Waals surface area (Å²) in [6.07, 6.45) is 0.858. The SMILES string of the molecule is CCC1C[N+](=O)C(c2ccccc2)=C(C)C1C#N. The Bertz CT molecular complexity index is 525. The third-order valence-electron chi connectivity index (χ3n) is 3.67. The van der Waals surface area contributed by atoms with Gasteiger partial charge in [0.15, 0.2) is 0 Å². The first-order chi connectivity index (χ1) is 8.69. The fourth-order valence-corrected chi connectivity index (χ4v) is 2.64. The van der Waals surface area contributed by atoms with Gasteiger partial charge in [0.25, 0.3) is 5.70 Å². The van der Waals surface area contributed by atoms with E-state index in [1.165, 1.54) is 0 Å². The first-order valence-corrected chi connectivity index (χ1v) is 6.29. The van der Waals surface area contributed by atoms with Crippen LogP contribution in [-0.2, 0) is 0 Å². The molecule has 18 heavy (non-hydrogen) atoms. The molecule has 1 aromatic carbocycles. The van der Waals surface area contributed by atoms with Crippen LogP contribution < -0.4 is 0 Å². The summed E-state index contributed by atoms with van der Waals surface area (Å²) in [6, 6.07) is 11.9. The molecule has 2 rings (SSSR count). The van der Waals surface area contributed by atoms with Gasteiger partial charge in [0, 0.05) is 21.2 Å². The quantitative estimate of drug-likeness (QED) is 0.745. The number of hydrogen-bond donors (Lipinski definition) is 0. The molecule has 1 aromatic rings. The van der Waals surface area contributed by atoms with E-state index >= 15 is 0 Å². The van der Waals surface area contributed by atoms with Crippen LogP contribution in [0.3, 0.4) is 0 Å². The van der Waals surface area contributed by atoms with Crippen molar-refractivity contribution >= 4 is 5.70 Å². The minimum atomic E-state index is -0.143.